The minimum absolute atomic E-state index is 0.168. The van der Waals surface area contributed by atoms with Crippen LogP contribution < -0.4 is 0 Å². The molecule has 1 rings (SSSR count). The molecule has 0 bridgehead atoms. The van der Waals surface area contributed by atoms with Crippen molar-refractivity contribution in [1.29, 1.82) is 0 Å². The second-order valence-corrected chi connectivity index (χ2v) is 2.80. The fourth-order valence-electron chi connectivity index (χ4n) is 0.651. The number of phenols is 1. The lowest BCUT2D eigenvalue weighted by Gasteiger charge is -1.98. The molecule has 0 spiro atoms. The van der Waals surface area contributed by atoms with Crippen molar-refractivity contribution in [1.82, 2.24) is 0 Å². The Hall–Kier alpha value is -1.26. The number of hydrogen-bond donors (Lipinski definition) is 1. The van der Waals surface area contributed by atoms with Crippen LogP contribution in [0.3, 0.4) is 0 Å². The van der Waals surface area contributed by atoms with Crippen molar-refractivity contribution in [3.05, 3.63) is 32.9 Å². The van der Waals surface area contributed by atoms with Gasteiger partial charge in [0.2, 0.25) is 0 Å². The van der Waals surface area contributed by atoms with Crippen molar-refractivity contribution < 1.29 is 9.50 Å². The second kappa shape index (κ2) is 3.42. The predicted octanol–water partition coefficient (Wildman–Crippen LogP) is 3.24. The van der Waals surface area contributed by atoms with Gasteiger partial charge in [0.05, 0.1) is 10.2 Å². The van der Waals surface area contributed by atoms with Crippen LogP contribution in [0, 0.1) is 5.82 Å². The van der Waals surface area contributed by atoms with Crippen LogP contribution in [0.5, 0.6) is 5.75 Å². The number of rotatable bonds is 1. The lowest BCUT2D eigenvalue weighted by atomic mass is 10.3. The number of nitrogens with zero attached hydrogens (tertiary/aromatic N) is 3. The van der Waals surface area contributed by atoms with E-state index in [1.165, 1.54) is 0 Å². The largest absolute Gasteiger partial charge is 0.507 e. The van der Waals surface area contributed by atoms with Gasteiger partial charge in [0.1, 0.15) is 11.6 Å². The van der Waals surface area contributed by atoms with E-state index in [0.717, 1.165) is 12.1 Å². The van der Waals surface area contributed by atoms with Crippen molar-refractivity contribution >= 4 is 21.6 Å². The molecule has 0 unspecified atom stereocenters. The first-order valence-corrected chi connectivity index (χ1v) is 3.67. The van der Waals surface area contributed by atoms with E-state index >= 15 is 0 Å². The number of phenolic OH excluding ortho intramolecular Hbond substituents is 1. The zero-order valence-corrected chi connectivity index (χ0v) is 7.29. The molecule has 0 amide bonds. The molecule has 0 atom stereocenters. The molecule has 1 aromatic carbocycles. The van der Waals surface area contributed by atoms with Crippen LogP contribution in [0.2, 0.25) is 0 Å². The highest BCUT2D eigenvalue weighted by Gasteiger charge is 2.04. The second-order valence-electron chi connectivity index (χ2n) is 1.94. The molecule has 62 valence electrons. The summed E-state index contributed by atoms with van der Waals surface area (Å²) in [6.45, 7) is 0. The third-order valence-corrected chi connectivity index (χ3v) is 1.80. The standard InChI is InChI=1S/C6H3BrFN3O/c7-3-1-4(8)5(10-11-9)2-6(3)12/h1-2,12H. The summed E-state index contributed by atoms with van der Waals surface area (Å²) in [7, 11) is 0. The maximum absolute atomic E-state index is 12.8. The minimum atomic E-state index is -0.683. The molecule has 0 saturated carbocycles. The number of aromatic hydroxyl groups is 1. The van der Waals surface area contributed by atoms with Gasteiger partial charge in [-0.05, 0) is 33.6 Å². The van der Waals surface area contributed by atoms with Gasteiger partial charge in [0.15, 0.2) is 0 Å². The molecule has 0 aliphatic rings. The summed E-state index contributed by atoms with van der Waals surface area (Å²) in [5.41, 5.74) is 7.78. The van der Waals surface area contributed by atoms with Crippen LogP contribution in [0.1, 0.15) is 0 Å². The fourth-order valence-corrected chi connectivity index (χ4v) is 0.967. The van der Waals surface area contributed by atoms with Gasteiger partial charge < -0.3 is 5.11 Å². The van der Waals surface area contributed by atoms with Gasteiger partial charge in [0, 0.05) is 4.91 Å². The average molecular weight is 232 g/mol. The number of halogens is 2. The molecule has 0 radical (unpaired) electrons. The third kappa shape index (κ3) is 1.66. The Morgan fingerprint density at radius 1 is 1.58 bits per heavy atom. The molecule has 0 heterocycles. The molecular formula is C6H3BrFN3O. The summed E-state index contributed by atoms with van der Waals surface area (Å²) in [5.74, 6) is -0.851. The molecule has 1 N–H and O–H groups in total. The van der Waals surface area contributed by atoms with Gasteiger partial charge in [-0.3, -0.25) is 0 Å². The van der Waals surface area contributed by atoms with E-state index in [4.69, 9.17) is 10.6 Å². The maximum Gasteiger partial charge on any atom is 0.134 e. The molecular weight excluding hydrogens is 229 g/mol. The third-order valence-electron chi connectivity index (χ3n) is 1.17. The fraction of sp³-hybridized carbons (Fsp3) is 0. The summed E-state index contributed by atoms with van der Waals surface area (Å²) >= 11 is 2.91. The van der Waals surface area contributed by atoms with Gasteiger partial charge >= 0.3 is 0 Å². The summed E-state index contributed by atoms with van der Waals surface area (Å²) < 4.78 is 13.0. The smallest absolute Gasteiger partial charge is 0.134 e. The Balaban J connectivity index is 3.32. The van der Waals surface area contributed by atoms with Crippen molar-refractivity contribution in [2.24, 2.45) is 5.11 Å². The van der Waals surface area contributed by atoms with Crippen LogP contribution in [0.25, 0.3) is 10.4 Å². The van der Waals surface area contributed by atoms with Gasteiger partial charge in [-0.15, -0.1) is 0 Å². The Labute approximate surface area is 75.4 Å². The van der Waals surface area contributed by atoms with E-state index in [2.05, 4.69) is 26.0 Å². The van der Waals surface area contributed by atoms with E-state index in [9.17, 15) is 4.39 Å². The van der Waals surface area contributed by atoms with Crippen molar-refractivity contribution in [3.8, 4) is 5.75 Å². The lowest BCUT2D eigenvalue weighted by Crippen LogP contribution is -1.76. The van der Waals surface area contributed by atoms with Crippen LogP contribution >= 0.6 is 15.9 Å². The van der Waals surface area contributed by atoms with E-state index in [-0.39, 0.29) is 15.9 Å². The monoisotopic (exact) mass is 231 g/mol. The van der Waals surface area contributed by atoms with Crippen LogP contribution in [-0.4, -0.2) is 5.11 Å². The summed E-state index contributed by atoms with van der Waals surface area (Å²) in [6, 6.07) is 2.07. The summed E-state index contributed by atoms with van der Waals surface area (Å²) in [4.78, 5) is 2.40. The molecule has 1 aromatic rings. The van der Waals surface area contributed by atoms with E-state index in [1.807, 2.05) is 0 Å². The SMILES string of the molecule is [N-]=[N+]=Nc1cc(O)c(Br)cc1F. The average Bonchev–Trinajstić information content (AvgIpc) is 2.01. The highest BCUT2D eigenvalue weighted by molar-refractivity contribution is 9.10. The van der Waals surface area contributed by atoms with Gasteiger partial charge in [-0.25, -0.2) is 4.39 Å². The first-order valence-electron chi connectivity index (χ1n) is 2.88. The molecule has 0 aliphatic heterocycles. The quantitative estimate of drug-likeness (QED) is 0.450. The van der Waals surface area contributed by atoms with E-state index in [1.54, 1.807) is 0 Å². The normalized spacial score (nSPS) is 9.17. The Morgan fingerprint density at radius 3 is 2.83 bits per heavy atom. The summed E-state index contributed by atoms with van der Waals surface area (Å²) in [5, 5.41) is 12.1. The number of benzene rings is 1. The van der Waals surface area contributed by atoms with E-state index in [0.29, 0.717) is 0 Å². The highest BCUT2D eigenvalue weighted by atomic mass is 79.9. The molecule has 4 nitrogen and oxygen atoms in total. The lowest BCUT2D eigenvalue weighted by molar-refractivity contribution is 0.470. The first-order chi connectivity index (χ1) is 5.65. The Bertz CT molecular complexity index is 362. The van der Waals surface area contributed by atoms with Crippen molar-refractivity contribution in [2.75, 3.05) is 0 Å². The van der Waals surface area contributed by atoms with Crippen LogP contribution in [-0.2, 0) is 0 Å². The zero-order valence-electron chi connectivity index (χ0n) is 5.70. The predicted molar refractivity (Wildman–Crippen MR) is 44.6 cm³/mol. The maximum atomic E-state index is 12.8. The summed E-state index contributed by atoms with van der Waals surface area (Å²) in [6.07, 6.45) is 0. The van der Waals surface area contributed by atoms with Gasteiger partial charge in [-0.1, -0.05) is 5.11 Å². The van der Waals surface area contributed by atoms with Crippen LogP contribution in [0.4, 0.5) is 10.1 Å². The molecule has 0 aromatic heterocycles. The molecule has 0 fully saturated rings. The van der Waals surface area contributed by atoms with Crippen molar-refractivity contribution in [3.63, 3.8) is 0 Å². The molecule has 0 aliphatic carbocycles. The van der Waals surface area contributed by atoms with Crippen LogP contribution in [0.15, 0.2) is 21.7 Å². The van der Waals surface area contributed by atoms with Gasteiger partial charge in [-0.2, -0.15) is 0 Å². The minimum Gasteiger partial charge on any atom is -0.507 e. The molecule has 0 saturated heterocycles. The topological polar surface area (TPSA) is 69.0 Å². The Morgan fingerprint density at radius 2 is 2.25 bits per heavy atom. The zero-order chi connectivity index (χ0) is 9.14. The Kier molecular flexibility index (Phi) is 2.52. The number of azide groups is 1. The highest BCUT2D eigenvalue weighted by Crippen LogP contribution is 2.30. The van der Waals surface area contributed by atoms with Crippen molar-refractivity contribution in [2.45, 2.75) is 0 Å². The molecule has 12 heavy (non-hydrogen) atoms. The van der Waals surface area contributed by atoms with Gasteiger partial charge in [0.25, 0.3) is 0 Å². The van der Waals surface area contributed by atoms with E-state index < -0.39 is 5.82 Å². The molecule has 6 heteroatoms. The number of hydrogen-bond acceptors (Lipinski definition) is 2. The first kappa shape index (κ1) is 8.83.